The van der Waals surface area contributed by atoms with Crippen LogP contribution in [0.15, 0.2) is 36.5 Å². The summed E-state index contributed by atoms with van der Waals surface area (Å²) in [6.45, 7) is 8.99. The molecule has 0 unspecified atom stereocenters. The van der Waals surface area contributed by atoms with Crippen molar-refractivity contribution in [2.24, 2.45) is 0 Å². The highest BCUT2D eigenvalue weighted by Crippen LogP contribution is 2.19. The maximum atomic E-state index is 12.6. The highest BCUT2D eigenvalue weighted by Gasteiger charge is 2.22. The first kappa shape index (κ1) is 21.6. The lowest BCUT2D eigenvalue weighted by Crippen LogP contribution is -2.49. The van der Waals surface area contributed by atoms with Crippen molar-refractivity contribution in [2.75, 3.05) is 43.0 Å². The molecule has 1 fully saturated rings. The number of pyridine rings is 1. The van der Waals surface area contributed by atoms with Gasteiger partial charge in [-0.25, -0.2) is 9.78 Å². The van der Waals surface area contributed by atoms with E-state index >= 15 is 0 Å². The number of rotatable bonds is 6. The van der Waals surface area contributed by atoms with Crippen LogP contribution in [0.3, 0.4) is 0 Å². The third-order valence-corrected chi connectivity index (χ3v) is 5.37. The van der Waals surface area contributed by atoms with E-state index in [0.29, 0.717) is 38.3 Å². The SMILES string of the molecule is CCOC(=O)N1CCN(c2ccc(C(=O)Nc3ccc(CC)c(CC)c3)cn2)CC1. The van der Waals surface area contributed by atoms with Crippen LogP contribution in [0.25, 0.3) is 0 Å². The smallest absolute Gasteiger partial charge is 0.409 e. The Kier molecular flexibility index (Phi) is 7.27. The lowest BCUT2D eigenvalue weighted by atomic mass is 10.0. The van der Waals surface area contributed by atoms with Gasteiger partial charge in [0, 0.05) is 38.1 Å². The zero-order valence-electron chi connectivity index (χ0n) is 18.0. The van der Waals surface area contributed by atoms with Gasteiger partial charge in [-0.05, 0) is 55.2 Å². The maximum Gasteiger partial charge on any atom is 0.409 e. The Labute approximate surface area is 178 Å². The Morgan fingerprint density at radius 1 is 1.00 bits per heavy atom. The van der Waals surface area contributed by atoms with Gasteiger partial charge < -0.3 is 19.9 Å². The minimum Gasteiger partial charge on any atom is -0.450 e. The lowest BCUT2D eigenvalue weighted by molar-refractivity contribution is 0.102. The molecule has 0 bridgehead atoms. The summed E-state index contributed by atoms with van der Waals surface area (Å²) in [5.74, 6) is 0.628. The van der Waals surface area contributed by atoms with Crippen LogP contribution in [0, 0.1) is 0 Å². The van der Waals surface area contributed by atoms with Crippen molar-refractivity contribution in [3.8, 4) is 0 Å². The van der Waals surface area contributed by atoms with E-state index in [1.54, 1.807) is 24.1 Å². The normalized spacial score (nSPS) is 13.8. The van der Waals surface area contributed by atoms with Gasteiger partial charge >= 0.3 is 6.09 Å². The maximum absolute atomic E-state index is 12.6. The molecule has 3 rings (SSSR count). The molecule has 2 amide bonds. The summed E-state index contributed by atoms with van der Waals surface area (Å²) in [4.78, 5) is 32.7. The van der Waals surface area contributed by atoms with Gasteiger partial charge in [-0.15, -0.1) is 0 Å². The van der Waals surface area contributed by atoms with Crippen molar-refractivity contribution in [2.45, 2.75) is 33.6 Å². The second-order valence-electron chi connectivity index (χ2n) is 7.22. The third kappa shape index (κ3) is 5.09. The number of carbonyl (C=O) groups is 2. The van der Waals surface area contributed by atoms with E-state index < -0.39 is 0 Å². The molecule has 1 saturated heterocycles. The number of aryl methyl sites for hydroxylation is 2. The van der Waals surface area contributed by atoms with Gasteiger partial charge in [0.1, 0.15) is 5.82 Å². The van der Waals surface area contributed by atoms with E-state index in [9.17, 15) is 9.59 Å². The average molecular weight is 411 g/mol. The summed E-state index contributed by atoms with van der Waals surface area (Å²) in [6, 6.07) is 9.71. The van der Waals surface area contributed by atoms with Crippen LogP contribution in [0.1, 0.15) is 42.3 Å². The average Bonchev–Trinajstić information content (AvgIpc) is 2.79. The molecule has 2 aromatic rings. The van der Waals surface area contributed by atoms with Gasteiger partial charge in [0.05, 0.1) is 12.2 Å². The Hall–Kier alpha value is -3.09. The van der Waals surface area contributed by atoms with E-state index in [-0.39, 0.29) is 12.0 Å². The van der Waals surface area contributed by atoms with Crippen molar-refractivity contribution in [3.05, 3.63) is 53.2 Å². The van der Waals surface area contributed by atoms with Crippen LogP contribution in [0.5, 0.6) is 0 Å². The van der Waals surface area contributed by atoms with E-state index in [4.69, 9.17) is 4.74 Å². The molecule has 160 valence electrons. The number of hydrogen-bond acceptors (Lipinski definition) is 5. The molecule has 2 heterocycles. The molecule has 1 aliphatic rings. The van der Waals surface area contributed by atoms with Gasteiger partial charge in [0.25, 0.3) is 5.91 Å². The highest BCUT2D eigenvalue weighted by molar-refractivity contribution is 6.04. The van der Waals surface area contributed by atoms with Gasteiger partial charge in [-0.2, -0.15) is 0 Å². The first-order chi connectivity index (χ1) is 14.5. The molecule has 1 aliphatic heterocycles. The number of anilines is 2. The summed E-state index contributed by atoms with van der Waals surface area (Å²) >= 11 is 0. The van der Waals surface area contributed by atoms with Gasteiger partial charge in [-0.3, -0.25) is 4.79 Å². The Balaban J connectivity index is 1.59. The Morgan fingerprint density at radius 3 is 2.33 bits per heavy atom. The second kappa shape index (κ2) is 10.1. The predicted molar refractivity (Wildman–Crippen MR) is 118 cm³/mol. The fourth-order valence-electron chi connectivity index (χ4n) is 3.62. The Morgan fingerprint density at radius 2 is 1.73 bits per heavy atom. The lowest BCUT2D eigenvalue weighted by Gasteiger charge is -2.34. The number of piperazine rings is 1. The molecule has 1 N–H and O–H groups in total. The van der Waals surface area contributed by atoms with Crippen molar-refractivity contribution in [1.82, 2.24) is 9.88 Å². The molecule has 7 nitrogen and oxygen atoms in total. The third-order valence-electron chi connectivity index (χ3n) is 5.37. The fourth-order valence-corrected chi connectivity index (χ4v) is 3.62. The first-order valence-electron chi connectivity index (χ1n) is 10.6. The summed E-state index contributed by atoms with van der Waals surface area (Å²) < 4.78 is 5.05. The van der Waals surface area contributed by atoms with E-state index in [1.807, 2.05) is 18.2 Å². The topological polar surface area (TPSA) is 74.8 Å². The van der Waals surface area contributed by atoms with Crippen LogP contribution in [-0.4, -0.2) is 54.7 Å². The molecule has 1 aromatic heterocycles. The van der Waals surface area contributed by atoms with E-state index in [1.165, 1.54) is 11.1 Å². The predicted octanol–water partition coefficient (Wildman–Crippen LogP) is 3.74. The molecule has 0 radical (unpaired) electrons. The second-order valence-corrected chi connectivity index (χ2v) is 7.22. The number of amides is 2. The molecule has 0 atom stereocenters. The van der Waals surface area contributed by atoms with Crippen LogP contribution < -0.4 is 10.2 Å². The number of aromatic nitrogens is 1. The molecule has 7 heteroatoms. The molecule has 0 spiro atoms. The number of benzene rings is 1. The molecule has 0 aliphatic carbocycles. The van der Waals surface area contributed by atoms with Crippen LogP contribution in [0.4, 0.5) is 16.3 Å². The van der Waals surface area contributed by atoms with Crippen LogP contribution >= 0.6 is 0 Å². The number of carbonyl (C=O) groups excluding carboxylic acids is 2. The van der Waals surface area contributed by atoms with E-state index in [0.717, 1.165) is 24.3 Å². The quantitative estimate of drug-likeness (QED) is 0.785. The molecule has 30 heavy (non-hydrogen) atoms. The van der Waals surface area contributed by atoms with Gasteiger partial charge in [0.15, 0.2) is 0 Å². The zero-order chi connectivity index (χ0) is 21.5. The zero-order valence-corrected chi connectivity index (χ0v) is 18.0. The largest absolute Gasteiger partial charge is 0.450 e. The summed E-state index contributed by atoms with van der Waals surface area (Å²) in [6.07, 6.45) is 3.25. The van der Waals surface area contributed by atoms with Crippen LogP contribution in [0.2, 0.25) is 0 Å². The highest BCUT2D eigenvalue weighted by atomic mass is 16.6. The molecule has 0 saturated carbocycles. The number of hydrogen-bond donors (Lipinski definition) is 1. The van der Waals surface area contributed by atoms with E-state index in [2.05, 4.69) is 35.1 Å². The molecular formula is C23H30N4O3. The van der Waals surface area contributed by atoms with Gasteiger partial charge in [0.2, 0.25) is 0 Å². The number of nitrogens with one attached hydrogen (secondary N) is 1. The minimum atomic E-state index is -0.268. The van der Waals surface area contributed by atoms with Crippen LogP contribution in [-0.2, 0) is 17.6 Å². The number of nitrogens with zero attached hydrogens (tertiary/aromatic N) is 3. The number of ether oxygens (including phenoxy) is 1. The standard InChI is InChI=1S/C23H30N4O3/c1-4-17-7-9-20(15-18(17)5-2)25-22(28)19-8-10-21(24-16-19)26-11-13-27(14-12-26)23(29)30-6-3/h7-10,15-16H,4-6,11-14H2,1-3H3,(H,25,28). The fraction of sp³-hybridized carbons (Fsp3) is 0.435. The molecular weight excluding hydrogens is 380 g/mol. The summed E-state index contributed by atoms with van der Waals surface area (Å²) in [5.41, 5.74) is 3.88. The Bertz CT molecular complexity index is 875. The van der Waals surface area contributed by atoms with Crippen molar-refractivity contribution < 1.29 is 14.3 Å². The minimum absolute atomic E-state index is 0.174. The van der Waals surface area contributed by atoms with Crippen molar-refractivity contribution in [3.63, 3.8) is 0 Å². The molecule has 1 aromatic carbocycles. The van der Waals surface area contributed by atoms with Crippen molar-refractivity contribution >= 4 is 23.5 Å². The monoisotopic (exact) mass is 410 g/mol. The summed E-state index contributed by atoms with van der Waals surface area (Å²) in [7, 11) is 0. The first-order valence-corrected chi connectivity index (χ1v) is 10.6. The van der Waals surface area contributed by atoms with Gasteiger partial charge in [-0.1, -0.05) is 19.9 Å². The van der Waals surface area contributed by atoms with Crippen molar-refractivity contribution in [1.29, 1.82) is 0 Å². The summed E-state index contributed by atoms with van der Waals surface area (Å²) in [5, 5.41) is 2.96.